The van der Waals surface area contributed by atoms with E-state index < -0.39 is 0 Å². The molecule has 1 aliphatic carbocycles. The zero-order valence-electron chi connectivity index (χ0n) is 14.8. The van der Waals surface area contributed by atoms with Gasteiger partial charge in [-0.3, -0.25) is 9.69 Å². The molecule has 0 N–H and O–H groups in total. The summed E-state index contributed by atoms with van der Waals surface area (Å²) < 4.78 is 2.64. The highest BCUT2D eigenvalue weighted by Gasteiger charge is 2.34. The zero-order valence-corrected chi connectivity index (χ0v) is 16.4. The number of benzene rings is 1. The predicted molar refractivity (Wildman–Crippen MR) is 105 cm³/mol. The van der Waals surface area contributed by atoms with Crippen LogP contribution in [0, 0.1) is 6.92 Å². The van der Waals surface area contributed by atoms with E-state index in [1.54, 1.807) is 11.8 Å². The third-order valence-electron chi connectivity index (χ3n) is 4.43. The number of nitrogens with zero attached hydrogens (tertiary/aromatic N) is 6. The van der Waals surface area contributed by atoms with E-state index in [0.717, 1.165) is 44.5 Å². The first-order valence-electron chi connectivity index (χ1n) is 8.66. The highest BCUT2D eigenvalue weighted by Crippen LogP contribution is 2.39. The summed E-state index contributed by atoms with van der Waals surface area (Å²) in [4.78, 5) is 18.5. The Morgan fingerprint density at radius 2 is 2.11 bits per heavy atom. The summed E-state index contributed by atoms with van der Waals surface area (Å²) in [5, 5.41) is 15.6. The second-order valence-corrected chi connectivity index (χ2v) is 8.75. The maximum Gasteiger partial charge on any atom is 0.225 e. The van der Waals surface area contributed by atoms with Crippen LogP contribution < -0.4 is 4.90 Å². The minimum Gasteiger partial charge on any atom is -0.284 e. The van der Waals surface area contributed by atoms with Crippen molar-refractivity contribution in [2.24, 2.45) is 0 Å². The molecule has 7 nitrogen and oxygen atoms in total. The molecule has 3 heterocycles. The molecular formula is C18H16N6OS2. The molecule has 1 amide bonds. The molecule has 136 valence electrons. The van der Waals surface area contributed by atoms with E-state index in [2.05, 4.69) is 15.3 Å². The number of hydrogen-bond donors (Lipinski definition) is 0. The molecule has 3 aromatic heterocycles. The lowest BCUT2D eigenvalue weighted by Gasteiger charge is -2.15. The summed E-state index contributed by atoms with van der Waals surface area (Å²) in [6.07, 6.45) is 2.07. The van der Waals surface area contributed by atoms with Crippen molar-refractivity contribution in [1.29, 1.82) is 0 Å². The van der Waals surface area contributed by atoms with Crippen LogP contribution in [-0.4, -0.2) is 36.7 Å². The summed E-state index contributed by atoms with van der Waals surface area (Å²) in [6, 6.07) is 10.3. The van der Waals surface area contributed by atoms with Crippen LogP contribution in [0.4, 0.5) is 5.13 Å². The molecule has 1 fully saturated rings. The molecule has 0 aliphatic heterocycles. The first kappa shape index (κ1) is 16.6. The Kier molecular flexibility index (Phi) is 3.87. The number of fused-ring (bicyclic) bond motifs is 3. The van der Waals surface area contributed by atoms with Crippen LogP contribution in [0.25, 0.3) is 16.6 Å². The molecular weight excluding hydrogens is 380 g/mol. The lowest BCUT2D eigenvalue weighted by molar-refractivity contribution is -0.116. The van der Waals surface area contributed by atoms with Crippen molar-refractivity contribution in [1.82, 2.24) is 24.8 Å². The van der Waals surface area contributed by atoms with Gasteiger partial charge >= 0.3 is 0 Å². The van der Waals surface area contributed by atoms with Gasteiger partial charge in [-0.05, 0) is 37.6 Å². The van der Waals surface area contributed by atoms with Gasteiger partial charge in [0.1, 0.15) is 5.03 Å². The third kappa shape index (κ3) is 2.96. The van der Waals surface area contributed by atoms with Crippen molar-refractivity contribution in [3.63, 3.8) is 0 Å². The van der Waals surface area contributed by atoms with Crippen molar-refractivity contribution < 1.29 is 4.79 Å². The second kappa shape index (κ2) is 6.28. The number of amides is 1. The molecule has 0 saturated heterocycles. The summed E-state index contributed by atoms with van der Waals surface area (Å²) in [7, 11) is 0. The van der Waals surface area contributed by atoms with Gasteiger partial charge in [0.15, 0.2) is 9.99 Å². The van der Waals surface area contributed by atoms with Crippen LogP contribution in [0.2, 0.25) is 0 Å². The first-order chi connectivity index (χ1) is 13.1. The van der Waals surface area contributed by atoms with Crippen molar-refractivity contribution in [2.45, 2.75) is 42.1 Å². The maximum atomic E-state index is 12.0. The number of para-hydroxylation sites is 1. The van der Waals surface area contributed by atoms with Crippen molar-refractivity contribution >= 4 is 50.7 Å². The van der Waals surface area contributed by atoms with Crippen molar-refractivity contribution in [3.8, 4) is 0 Å². The molecule has 0 bridgehead atoms. The fourth-order valence-electron chi connectivity index (χ4n) is 3.13. The minimum atomic E-state index is 0.0185. The standard InChI is InChI=1S/C18H16N6OS2/c1-10-9-15-19-16(13-5-3-4-6-14(13)24(15)22-10)26-18-21-20-17(27-18)23(11(2)25)12-7-8-12/h3-6,9,12H,7-8H2,1-2H3. The van der Waals surface area contributed by atoms with E-state index in [0.29, 0.717) is 5.13 Å². The molecule has 1 saturated carbocycles. The van der Waals surface area contributed by atoms with Crippen LogP contribution in [0.5, 0.6) is 0 Å². The summed E-state index contributed by atoms with van der Waals surface area (Å²) >= 11 is 2.91. The van der Waals surface area contributed by atoms with Crippen molar-refractivity contribution in [3.05, 3.63) is 36.0 Å². The van der Waals surface area contributed by atoms with E-state index in [9.17, 15) is 4.79 Å². The number of hydrogen-bond acceptors (Lipinski definition) is 7. The number of carbonyl (C=O) groups is 1. The van der Waals surface area contributed by atoms with Crippen LogP contribution in [0.15, 0.2) is 39.7 Å². The molecule has 0 spiro atoms. The summed E-state index contributed by atoms with van der Waals surface area (Å²) in [6.45, 7) is 3.54. The highest BCUT2D eigenvalue weighted by atomic mass is 32.2. The molecule has 0 radical (unpaired) electrons. The molecule has 0 unspecified atom stereocenters. The molecule has 4 aromatic rings. The lowest BCUT2D eigenvalue weighted by atomic mass is 10.2. The summed E-state index contributed by atoms with van der Waals surface area (Å²) in [5.74, 6) is 0.0185. The van der Waals surface area contributed by atoms with Gasteiger partial charge in [-0.2, -0.15) is 5.10 Å². The van der Waals surface area contributed by atoms with Gasteiger partial charge in [-0.25, -0.2) is 9.50 Å². The Hall–Kier alpha value is -2.52. The fourth-order valence-corrected chi connectivity index (χ4v) is 5.12. The first-order valence-corrected chi connectivity index (χ1v) is 10.3. The van der Waals surface area contributed by atoms with E-state index in [1.165, 1.54) is 23.1 Å². The van der Waals surface area contributed by atoms with Crippen LogP contribution in [0.1, 0.15) is 25.5 Å². The van der Waals surface area contributed by atoms with Crippen LogP contribution in [0.3, 0.4) is 0 Å². The topological polar surface area (TPSA) is 76.3 Å². The number of rotatable bonds is 4. The largest absolute Gasteiger partial charge is 0.284 e. The Balaban J connectivity index is 1.55. The Labute approximate surface area is 163 Å². The molecule has 1 aromatic carbocycles. The van der Waals surface area contributed by atoms with Gasteiger partial charge in [-0.15, -0.1) is 10.2 Å². The molecule has 1 aliphatic rings. The van der Waals surface area contributed by atoms with Crippen molar-refractivity contribution in [2.75, 3.05) is 4.90 Å². The SMILES string of the molecule is CC(=O)N(c1nnc(Sc2nc3cc(C)nn3c3ccccc23)s1)C1CC1. The molecule has 9 heteroatoms. The zero-order chi connectivity index (χ0) is 18.5. The van der Waals surface area contributed by atoms with Crippen LogP contribution >= 0.6 is 23.1 Å². The number of anilines is 1. The molecule has 27 heavy (non-hydrogen) atoms. The van der Waals surface area contributed by atoms with Gasteiger partial charge in [0, 0.05) is 24.4 Å². The van der Waals surface area contributed by atoms with E-state index >= 15 is 0 Å². The average Bonchev–Trinajstić information content (AvgIpc) is 3.23. The summed E-state index contributed by atoms with van der Waals surface area (Å²) in [5.41, 5.74) is 2.74. The van der Waals surface area contributed by atoms with Gasteiger partial charge in [0.25, 0.3) is 0 Å². The lowest BCUT2D eigenvalue weighted by Crippen LogP contribution is -2.30. The minimum absolute atomic E-state index is 0.0185. The monoisotopic (exact) mass is 396 g/mol. The quantitative estimate of drug-likeness (QED) is 0.387. The predicted octanol–water partition coefficient (Wildman–Crippen LogP) is 3.71. The average molecular weight is 397 g/mol. The van der Waals surface area contributed by atoms with E-state index in [1.807, 2.05) is 41.8 Å². The Morgan fingerprint density at radius 1 is 1.30 bits per heavy atom. The Bertz CT molecular complexity index is 1180. The Morgan fingerprint density at radius 3 is 2.89 bits per heavy atom. The number of aromatic nitrogens is 5. The smallest absolute Gasteiger partial charge is 0.225 e. The van der Waals surface area contributed by atoms with E-state index in [4.69, 9.17) is 4.98 Å². The third-order valence-corrected chi connectivity index (χ3v) is 6.41. The number of aryl methyl sites for hydroxylation is 1. The molecule has 0 atom stereocenters. The highest BCUT2D eigenvalue weighted by molar-refractivity contribution is 8.01. The van der Waals surface area contributed by atoms with Gasteiger partial charge < -0.3 is 0 Å². The van der Waals surface area contributed by atoms with Gasteiger partial charge in [-0.1, -0.05) is 29.5 Å². The van der Waals surface area contributed by atoms with E-state index in [-0.39, 0.29) is 11.9 Å². The fraction of sp³-hybridized carbons (Fsp3) is 0.278. The second-order valence-electron chi connectivity index (χ2n) is 6.56. The van der Waals surface area contributed by atoms with Gasteiger partial charge in [0.05, 0.1) is 11.2 Å². The number of carbonyl (C=O) groups excluding carboxylic acids is 1. The van der Waals surface area contributed by atoms with Gasteiger partial charge in [0.2, 0.25) is 11.0 Å². The van der Waals surface area contributed by atoms with Crippen LogP contribution in [-0.2, 0) is 4.79 Å². The maximum absolute atomic E-state index is 12.0. The normalized spacial score (nSPS) is 14.1. The molecule has 5 rings (SSSR count).